The SMILES string of the molecule is CN(C)S(=O)(=O)c1ccc2nc(NC(=O)C3CCN(S(C)(=O)=O)CC3)sc2c1. The van der Waals surface area contributed by atoms with Crippen molar-refractivity contribution in [2.45, 2.75) is 17.7 Å². The fourth-order valence-corrected chi connectivity index (χ4v) is 5.77. The van der Waals surface area contributed by atoms with E-state index in [1.165, 1.54) is 42.1 Å². The molecule has 154 valence electrons. The van der Waals surface area contributed by atoms with Crippen LogP contribution in [-0.4, -0.2) is 69.8 Å². The van der Waals surface area contributed by atoms with Crippen molar-refractivity contribution in [2.75, 3.05) is 38.8 Å². The van der Waals surface area contributed by atoms with Gasteiger partial charge < -0.3 is 5.32 Å². The molecule has 2 heterocycles. The van der Waals surface area contributed by atoms with Gasteiger partial charge in [-0.15, -0.1) is 0 Å². The molecule has 12 heteroatoms. The number of fused-ring (bicyclic) bond motifs is 1. The van der Waals surface area contributed by atoms with Gasteiger partial charge in [0.25, 0.3) is 0 Å². The Balaban J connectivity index is 1.72. The molecule has 0 atom stereocenters. The summed E-state index contributed by atoms with van der Waals surface area (Å²) in [4.78, 5) is 17.0. The smallest absolute Gasteiger partial charge is 0.242 e. The summed E-state index contributed by atoms with van der Waals surface area (Å²) in [6.45, 7) is 0.644. The van der Waals surface area contributed by atoms with Crippen LogP contribution in [0.15, 0.2) is 23.1 Å². The van der Waals surface area contributed by atoms with Crippen LogP contribution in [0.2, 0.25) is 0 Å². The lowest BCUT2D eigenvalue weighted by atomic mass is 9.97. The fraction of sp³-hybridized carbons (Fsp3) is 0.500. The molecule has 1 N–H and O–H groups in total. The summed E-state index contributed by atoms with van der Waals surface area (Å²) in [6, 6.07) is 4.65. The third kappa shape index (κ3) is 4.35. The highest BCUT2D eigenvalue weighted by Crippen LogP contribution is 2.30. The number of nitrogens with one attached hydrogen (secondary N) is 1. The fourth-order valence-electron chi connectivity index (χ4n) is 2.99. The molecule has 1 saturated heterocycles. The summed E-state index contributed by atoms with van der Waals surface area (Å²) in [5.41, 5.74) is 0.602. The van der Waals surface area contributed by atoms with Gasteiger partial charge in [0.1, 0.15) is 0 Å². The van der Waals surface area contributed by atoms with E-state index in [1.807, 2.05) is 0 Å². The summed E-state index contributed by atoms with van der Waals surface area (Å²) < 4.78 is 50.8. The second-order valence-electron chi connectivity index (χ2n) is 6.86. The summed E-state index contributed by atoms with van der Waals surface area (Å²) in [6.07, 6.45) is 2.07. The lowest BCUT2D eigenvalue weighted by molar-refractivity contribution is -0.120. The first-order valence-corrected chi connectivity index (χ1v) is 12.7. The van der Waals surface area contributed by atoms with E-state index >= 15 is 0 Å². The Kier molecular flexibility index (Phi) is 5.79. The quantitative estimate of drug-likeness (QED) is 0.737. The Bertz CT molecular complexity index is 1100. The first-order chi connectivity index (χ1) is 13.0. The van der Waals surface area contributed by atoms with E-state index in [0.29, 0.717) is 41.3 Å². The standard InChI is InChI=1S/C16H22N4O5S3/c1-19(2)28(24,25)12-4-5-13-14(10-12)26-16(17-13)18-15(21)11-6-8-20(9-7-11)27(3,22)23/h4-5,10-11H,6-9H2,1-3H3,(H,17,18,21). The predicted octanol–water partition coefficient (Wildman–Crippen LogP) is 1.16. The molecule has 3 rings (SSSR count). The summed E-state index contributed by atoms with van der Waals surface area (Å²) in [7, 11) is -3.85. The molecule has 0 spiro atoms. The molecule has 0 aliphatic carbocycles. The molecule has 9 nitrogen and oxygen atoms in total. The van der Waals surface area contributed by atoms with Crippen LogP contribution in [0.4, 0.5) is 5.13 Å². The lowest BCUT2D eigenvalue weighted by Crippen LogP contribution is -2.40. The molecule has 0 radical (unpaired) electrons. The van der Waals surface area contributed by atoms with E-state index in [2.05, 4.69) is 10.3 Å². The van der Waals surface area contributed by atoms with E-state index in [9.17, 15) is 21.6 Å². The molecule has 1 aliphatic heterocycles. The number of sulfonamides is 2. The van der Waals surface area contributed by atoms with Gasteiger partial charge >= 0.3 is 0 Å². The number of anilines is 1. The van der Waals surface area contributed by atoms with Crippen molar-refractivity contribution in [3.05, 3.63) is 18.2 Å². The number of piperidine rings is 1. The highest BCUT2D eigenvalue weighted by molar-refractivity contribution is 7.89. The summed E-state index contributed by atoms with van der Waals surface area (Å²) >= 11 is 1.20. The second-order valence-corrected chi connectivity index (χ2v) is 12.0. The molecule has 0 saturated carbocycles. The molecule has 1 aromatic carbocycles. The van der Waals surface area contributed by atoms with Crippen LogP contribution in [0.5, 0.6) is 0 Å². The van der Waals surface area contributed by atoms with Gasteiger partial charge in [-0.25, -0.2) is 30.4 Å². The molecule has 1 amide bonds. The maximum absolute atomic E-state index is 12.5. The molecule has 28 heavy (non-hydrogen) atoms. The van der Waals surface area contributed by atoms with Gasteiger partial charge in [0.05, 0.1) is 21.4 Å². The van der Waals surface area contributed by atoms with Crippen molar-refractivity contribution in [1.29, 1.82) is 0 Å². The van der Waals surface area contributed by atoms with Crippen LogP contribution in [0.1, 0.15) is 12.8 Å². The first kappa shape index (κ1) is 21.1. The van der Waals surface area contributed by atoms with Crippen molar-refractivity contribution in [1.82, 2.24) is 13.6 Å². The summed E-state index contributed by atoms with van der Waals surface area (Å²) in [5, 5.41) is 3.17. The van der Waals surface area contributed by atoms with Crippen LogP contribution in [0.3, 0.4) is 0 Å². The van der Waals surface area contributed by atoms with Crippen molar-refractivity contribution in [3.63, 3.8) is 0 Å². The zero-order chi connectivity index (χ0) is 20.7. The Morgan fingerprint density at radius 3 is 2.43 bits per heavy atom. The molecule has 2 aromatic rings. The van der Waals surface area contributed by atoms with Crippen LogP contribution >= 0.6 is 11.3 Å². The largest absolute Gasteiger partial charge is 0.302 e. The number of rotatable bonds is 5. The van der Waals surface area contributed by atoms with Crippen LogP contribution in [-0.2, 0) is 24.8 Å². The van der Waals surface area contributed by atoms with Gasteiger partial charge in [-0.2, -0.15) is 0 Å². The molecular weight excluding hydrogens is 424 g/mol. The molecule has 1 aromatic heterocycles. The number of hydrogen-bond acceptors (Lipinski definition) is 7. The highest BCUT2D eigenvalue weighted by Gasteiger charge is 2.29. The number of carbonyl (C=O) groups is 1. The number of amides is 1. The number of nitrogens with zero attached hydrogens (tertiary/aromatic N) is 3. The molecule has 0 bridgehead atoms. The van der Waals surface area contributed by atoms with Crippen molar-refractivity contribution in [3.8, 4) is 0 Å². The van der Waals surface area contributed by atoms with Crippen LogP contribution in [0, 0.1) is 5.92 Å². The summed E-state index contributed by atoms with van der Waals surface area (Å²) in [5.74, 6) is -0.483. The number of carbonyl (C=O) groups excluding carboxylic acids is 1. The number of benzene rings is 1. The minimum Gasteiger partial charge on any atom is -0.302 e. The normalized spacial score (nSPS) is 17.3. The van der Waals surface area contributed by atoms with Gasteiger partial charge in [0.15, 0.2) is 5.13 Å². The second kappa shape index (κ2) is 7.67. The predicted molar refractivity (Wildman–Crippen MR) is 108 cm³/mol. The lowest BCUT2D eigenvalue weighted by Gasteiger charge is -2.29. The van der Waals surface area contributed by atoms with Gasteiger partial charge in [-0.05, 0) is 31.0 Å². The number of thiazole rings is 1. The molecule has 1 aliphatic rings. The zero-order valence-electron chi connectivity index (χ0n) is 15.7. The minimum atomic E-state index is -3.55. The number of hydrogen-bond donors (Lipinski definition) is 1. The van der Waals surface area contributed by atoms with Crippen molar-refractivity contribution in [2.24, 2.45) is 5.92 Å². The van der Waals surface area contributed by atoms with Crippen molar-refractivity contribution < 1.29 is 21.6 Å². The Morgan fingerprint density at radius 2 is 1.86 bits per heavy atom. The maximum atomic E-state index is 12.5. The topological polar surface area (TPSA) is 117 Å². The highest BCUT2D eigenvalue weighted by atomic mass is 32.2. The first-order valence-electron chi connectivity index (χ1n) is 8.57. The Morgan fingerprint density at radius 1 is 1.21 bits per heavy atom. The third-order valence-corrected chi connectivity index (χ3v) is 8.71. The molecular formula is C16H22N4O5S3. The van der Waals surface area contributed by atoms with E-state index in [0.717, 1.165) is 4.31 Å². The van der Waals surface area contributed by atoms with Gasteiger partial charge in [-0.3, -0.25) is 4.79 Å². The average molecular weight is 447 g/mol. The van der Waals surface area contributed by atoms with E-state index in [1.54, 1.807) is 12.1 Å². The average Bonchev–Trinajstić information content (AvgIpc) is 3.02. The van der Waals surface area contributed by atoms with E-state index in [4.69, 9.17) is 0 Å². The molecule has 1 fully saturated rings. The Labute approximate surface area is 168 Å². The van der Waals surface area contributed by atoms with Crippen LogP contribution in [0.25, 0.3) is 10.2 Å². The number of aromatic nitrogens is 1. The zero-order valence-corrected chi connectivity index (χ0v) is 18.2. The van der Waals surface area contributed by atoms with E-state index < -0.39 is 20.0 Å². The van der Waals surface area contributed by atoms with Gasteiger partial charge in [0, 0.05) is 33.1 Å². The van der Waals surface area contributed by atoms with Crippen LogP contribution < -0.4 is 5.32 Å². The van der Waals surface area contributed by atoms with Gasteiger partial charge in [-0.1, -0.05) is 11.3 Å². The Hall–Kier alpha value is -1.60. The maximum Gasteiger partial charge on any atom is 0.242 e. The minimum absolute atomic E-state index is 0.166. The monoisotopic (exact) mass is 446 g/mol. The van der Waals surface area contributed by atoms with Gasteiger partial charge in [0.2, 0.25) is 26.0 Å². The van der Waals surface area contributed by atoms with Crippen molar-refractivity contribution >= 4 is 52.6 Å². The molecule has 0 unspecified atom stereocenters. The van der Waals surface area contributed by atoms with E-state index in [-0.39, 0.29) is 16.7 Å². The third-order valence-electron chi connectivity index (χ3n) is 4.66.